The number of hydrogen-bond donors (Lipinski definition) is 0. The molecular weight excluding hydrogens is 465 g/mol. The molecule has 1 saturated carbocycles. The summed E-state index contributed by atoms with van der Waals surface area (Å²) in [5, 5.41) is 4.69. The summed E-state index contributed by atoms with van der Waals surface area (Å²) >= 11 is 0. The van der Waals surface area contributed by atoms with Gasteiger partial charge in [-0.2, -0.15) is 18.3 Å². The SMILES string of the molecule is COC(=O)Cc1nn(Cc2cn3cc(OCC4CC4)c(C(F)(F)F)cc3n2)c2ccccc2c1=O. The number of esters is 1. The van der Waals surface area contributed by atoms with Crippen LogP contribution in [0.2, 0.25) is 0 Å². The molecule has 5 rings (SSSR count). The minimum Gasteiger partial charge on any atom is -0.491 e. The Balaban J connectivity index is 1.54. The van der Waals surface area contributed by atoms with Crippen LogP contribution >= 0.6 is 0 Å². The quantitative estimate of drug-likeness (QED) is 0.371. The van der Waals surface area contributed by atoms with Gasteiger partial charge in [0.15, 0.2) is 0 Å². The van der Waals surface area contributed by atoms with Crippen molar-refractivity contribution in [2.75, 3.05) is 13.7 Å². The summed E-state index contributed by atoms with van der Waals surface area (Å²) in [7, 11) is 1.22. The Morgan fingerprint density at radius 2 is 1.97 bits per heavy atom. The van der Waals surface area contributed by atoms with Gasteiger partial charge < -0.3 is 13.9 Å². The molecule has 3 aromatic heterocycles. The Bertz CT molecular complexity index is 1490. The molecule has 8 nitrogen and oxygen atoms in total. The molecule has 0 radical (unpaired) electrons. The van der Waals surface area contributed by atoms with Crippen LogP contribution in [0, 0.1) is 5.92 Å². The summed E-state index contributed by atoms with van der Waals surface area (Å²) in [6.45, 7) is 0.308. The van der Waals surface area contributed by atoms with Crippen LogP contribution in [0.5, 0.6) is 5.75 Å². The highest BCUT2D eigenvalue weighted by molar-refractivity contribution is 5.80. The maximum atomic E-state index is 13.7. The fourth-order valence-electron chi connectivity index (χ4n) is 3.86. The normalized spacial score (nSPS) is 13.9. The van der Waals surface area contributed by atoms with Gasteiger partial charge >= 0.3 is 12.1 Å². The van der Waals surface area contributed by atoms with Crippen molar-refractivity contribution in [2.45, 2.75) is 32.0 Å². The number of aromatic nitrogens is 4. The van der Waals surface area contributed by atoms with Gasteiger partial charge in [0.2, 0.25) is 5.43 Å². The molecule has 0 atom stereocenters. The average Bonchev–Trinajstić information content (AvgIpc) is 3.57. The molecule has 1 aliphatic rings. The van der Waals surface area contributed by atoms with Gasteiger partial charge in [0.25, 0.3) is 0 Å². The van der Waals surface area contributed by atoms with Crippen LogP contribution in [-0.4, -0.2) is 38.9 Å². The molecule has 1 aliphatic carbocycles. The summed E-state index contributed by atoms with van der Waals surface area (Å²) in [5.74, 6) is -0.556. The summed E-state index contributed by atoms with van der Waals surface area (Å²) in [6, 6.07) is 7.73. The number of carbonyl (C=O) groups excluding carboxylic acids is 1. The van der Waals surface area contributed by atoms with E-state index in [9.17, 15) is 22.8 Å². The van der Waals surface area contributed by atoms with Crippen molar-refractivity contribution in [3.05, 3.63) is 69.9 Å². The molecule has 0 amide bonds. The van der Waals surface area contributed by atoms with Gasteiger partial charge in [-0.3, -0.25) is 14.3 Å². The zero-order valence-electron chi connectivity index (χ0n) is 18.7. The van der Waals surface area contributed by atoms with E-state index in [1.807, 2.05) is 0 Å². The first kappa shape index (κ1) is 22.9. The molecule has 11 heteroatoms. The molecule has 0 aliphatic heterocycles. The average molecular weight is 486 g/mol. The van der Waals surface area contributed by atoms with Gasteiger partial charge in [-0.15, -0.1) is 0 Å². The van der Waals surface area contributed by atoms with Crippen molar-refractivity contribution < 1.29 is 27.4 Å². The van der Waals surface area contributed by atoms with Crippen LogP contribution in [-0.2, 0) is 28.7 Å². The number of alkyl halides is 3. The maximum absolute atomic E-state index is 13.7. The Morgan fingerprint density at radius 1 is 1.20 bits per heavy atom. The van der Waals surface area contributed by atoms with E-state index in [-0.39, 0.29) is 42.1 Å². The molecule has 182 valence electrons. The minimum atomic E-state index is -4.59. The molecule has 3 heterocycles. The molecule has 0 bridgehead atoms. The number of pyridine rings is 1. The Labute approximate surface area is 196 Å². The van der Waals surface area contributed by atoms with Gasteiger partial charge in [0.05, 0.1) is 44.1 Å². The molecule has 0 N–H and O–H groups in total. The van der Waals surface area contributed by atoms with Crippen molar-refractivity contribution in [3.8, 4) is 5.75 Å². The van der Waals surface area contributed by atoms with E-state index in [0.717, 1.165) is 18.9 Å². The van der Waals surface area contributed by atoms with Crippen LogP contribution in [0.25, 0.3) is 16.6 Å². The van der Waals surface area contributed by atoms with Crippen LogP contribution < -0.4 is 10.2 Å². The Hall–Kier alpha value is -3.89. The zero-order chi connectivity index (χ0) is 24.7. The summed E-state index contributed by atoms with van der Waals surface area (Å²) in [6.07, 6.45) is -0.104. The van der Waals surface area contributed by atoms with E-state index in [2.05, 4.69) is 14.8 Å². The van der Waals surface area contributed by atoms with Crippen LogP contribution in [0.3, 0.4) is 0 Å². The fraction of sp³-hybridized carbons (Fsp3) is 0.333. The first-order chi connectivity index (χ1) is 16.7. The third-order valence-electron chi connectivity index (χ3n) is 5.86. The number of benzene rings is 1. The van der Waals surface area contributed by atoms with Crippen molar-refractivity contribution in [1.29, 1.82) is 0 Å². The molecule has 1 fully saturated rings. The second-order valence-electron chi connectivity index (χ2n) is 8.50. The largest absolute Gasteiger partial charge is 0.491 e. The van der Waals surface area contributed by atoms with Crippen LogP contribution in [0.1, 0.15) is 29.8 Å². The van der Waals surface area contributed by atoms with Crippen molar-refractivity contribution in [3.63, 3.8) is 0 Å². The monoisotopic (exact) mass is 486 g/mol. The topological polar surface area (TPSA) is 87.7 Å². The molecular formula is C24H21F3N4O4. The molecule has 35 heavy (non-hydrogen) atoms. The lowest BCUT2D eigenvalue weighted by molar-refractivity contribution is -0.140. The highest BCUT2D eigenvalue weighted by atomic mass is 19.4. The van der Waals surface area contributed by atoms with E-state index >= 15 is 0 Å². The van der Waals surface area contributed by atoms with E-state index in [1.165, 1.54) is 22.4 Å². The smallest absolute Gasteiger partial charge is 0.420 e. The number of rotatable bonds is 7. The third-order valence-corrected chi connectivity index (χ3v) is 5.86. The summed E-state index contributed by atoms with van der Waals surface area (Å²) in [5.41, 5.74) is -0.226. The highest BCUT2D eigenvalue weighted by Gasteiger charge is 2.36. The van der Waals surface area contributed by atoms with Crippen LogP contribution in [0.4, 0.5) is 13.2 Å². The second-order valence-corrected chi connectivity index (χ2v) is 8.50. The number of fused-ring (bicyclic) bond motifs is 2. The molecule has 4 aromatic rings. The third kappa shape index (κ3) is 4.71. The number of halogens is 3. The fourth-order valence-corrected chi connectivity index (χ4v) is 3.86. The van der Waals surface area contributed by atoms with Gasteiger partial charge in [0, 0.05) is 11.6 Å². The first-order valence-corrected chi connectivity index (χ1v) is 11.0. The van der Waals surface area contributed by atoms with Crippen molar-refractivity contribution >= 4 is 22.5 Å². The van der Waals surface area contributed by atoms with Crippen molar-refractivity contribution in [1.82, 2.24) is 19.2 Å². The van der Waals surface area contributed by atoms with E-state index in [0.29, 0.717) is 22.5 Å². The van der Waals surface area contributed by atoms with Gasteiger partial charge in [-0.05, 0) is 37.0 Å². The van der Waals surface area contributed by atoms with E-state index < -0.39 is 17.7 Å². The lowest BCUT2D eigenvalue weighted by Gasteiger charge is -2.14. The predicted molar refractivity (Wildman–Crippen MR) is 119 cm³/mol. The molecule has 0 unspecified atom stereocenters. The van der Waals surface area contributed by atoms with Gasteiger partial charge in [-0.1, -0.05) is 12.1 Å². The van der Waals surface area contributed by atoms with Crippen LogP contribution in [0.15, 0.2) is 47.5 Å². The van der Waals surface area contributed by atoms with E-state index in [1.54, 1.807) is 30.5 Å². The molecule has 0 spiro atoms. The number of para-hydroxylation sites is 1. The van der Waals surface area contributed by atoms with Gasteiger partial charge in [0.1, 0.15) is 22.7 Å². The Morgan fingerprint density at radius 3 is 2.69 bits per heavy atom. The lowest BCUT2D eigenvalue weighted by Crippen LogP contribution is -2.22. The second kappa shape index (κ2) is 8.71. The molecule has 0 saturated heterocycles. The highest BCUT2D eigenvalue weighted by Crippen LogP contribution is 2.38. The maximum Gasteiger partial charge on any atom is 0.420 e. The summed E-state index contributed by atoms with van der Waals surface area (Å²) in [4.78, 5) is 28.9. The molecule has 1 aromatic carbocycles. The number of hydrogen-bond acceptors (Lipinski definition) is 6. The lowest BCUT2D eigenvalue weighted by atomic mass is 10.1. The Kier molecular flexibility index (Phi) is 5.70. The number of nitrogens with zero attached hydrogens (tertiary/aromatic N) is 4. The number of ether oxygens (including phenoxy) is 2. The number of carbonyl (C=O) groups is 1. The first-order valence-electron chi connectivity index (χ1n) is 11.0. The van der Waals surface area contributed by atoms with E-state index in [4.69, 9.17) is 4.74 Å². The zero-order valence-corrected chi connectivity index (χ0v) is 18.7. The predicted octanol–water partition coefficient (Wildman–Crippen LogP) is 3.62. The summed E-state index contributed by atoms with van der Waals surface area (Å²) < 4.78 is 54.1. The number of imidazole rings is 1. The number of methoxy groups -OCH3 is 1. The minimum absolute atomic E-state index is 0.00874. The van der Waals surface area contributed by atoms with Gasteiger partial charge in [-0.25, -0.2) is 4.98 Å². The van der Waals surface area contributed by atoms with Crippen molar-refractivity contribution in [2.24, 2.45) is 5.92 Å². The standard InChI is InChI=1S/C24H21F3N4O4/c1-34-22(32)9-18-23(33)16-4-2-3-5-19(16)31(29-18)11-15-10-30-12-20(35-13-14-6-7-14)17(24(25,26)27)8-21(30)28-15/h2-5,8,10,12,14H,6-7,9,11,13H2,1H3.